The summed E-state index contributed by atoms with van der Waals surface area (Å²) in [5, 5.41) is 23.1. The minimum absolute atomic E-state index is 0.183. The molecule has 3 fully saturated rings. The molecule has 0 unspecified atom stereocenters. The average molecular weight is 504 g/mol. The van der Waals surface area contributed by atoms with Crippen molar-refractivity contribution in [1.29, 1.82) is 0 Å². The highest BCUT2D eigenvalue weighted by Crippen LogP contribution is 2.78. The first-order valence-corrected chi connectivity index (χ1v) is 13.7. The van der Waals surface area contributed by atoms with Gasteiger partial charge in [0.25, 0.3) is 0 Å². The summed E-state index contributed by atoms with van der Waals surface area (Å²) in [7, 11) is 1.71. The Morgan fingerprint density at radius 2 is 1.95 bits per heavy atom. The molecule has 194 valence electrons. The third kappa shape index (κ3) is 2.42. The fourth-order valence-electron chi connectivity index (χ4n) is 9.55. The molecule has 1 saturated heterocycles. The van der Waals surface area contributed by atoms with E-state index in [1.807, 2.05) is 0 Å². The topological polar surface area (TPSA) is 62.2 Å². The van der Waals surface area contributed by atoms with Crippen molar-refractivity contribution in [3.8, 4) is 11.5 Å². The number of piperidine rings is 1. The SMILES string of the molecule is CO[C@]12C=C[C@@]3(C[C@]1(C)[C@H](O)c1ccc(F)cc1)[C@H]1Cc4ccc(O)c5c4[C@@]3(CCN1CC1CC1)[C@H]2O5. The van der Waals surface area contributed by atoms with Crippen LogP contribution in [0.3, 0.4) is 0 Å². The number of aromatic hydroxyl groups is 1. The maximum atomic E-state index is 13.8. The van der Waals surface area contributed by atoms with Crippen molar-refractivity contribution < 1.29 is 24.1 Å². The first kappa shape index (κ1) is 22.6. The fraction of sp³-hybridized carbons (Fsp3) is 0.548. The van der Waals surface area contributed by atoms with Gasteiger partial charge >= 0.3 is 0 Å². The number of halogens is 1. The largest absolute Gasteiger partial charge is 0.504 e. The standard InChI is InChI=1S/C31H34FNO4/c1-28(26(35)19-5-8-21(32)9-6-19)17-29-11-12-31(28,36-2)27-30(29)13-14-33(16-18-3-4-18)23(29)15-20-7-10-22(34)25(37-27)24(20)30/h5-12,18,23,26-27,34-35H,3-4,13-17H2,1-2H3/t23-,26-,27-,28-,29-,30+,31+/m1/s1. The molecule has 4 bridgehead atoms. The predicted molar refractivity (Wildman–Crippen MR) is 136 cm³/mol. The highest BCUT2D eigenvalue weighted by molar-refractivity contribution is 5.65. The number of hydrogen-bond acceptors (Lipinski definition) is 5. The lowest BCUT2D eigenvalue weighted by atomic mass is 9.33. The van der Waals surface area contributed by atoms with E-state index in [1.54, 1.807) is 25.3 Å². The van der Waals surface area contributed by atoms with Crippen LogP contribution in [0.4, 0.5) is 4.39 Å². The summed E-state index contributed by atoms with van der Waals surface area (Å²) in [6, 6.07) is 10.4. The van der Waals surface area contributed by atoms with Gasteiger partial charge in [-0.2, -0.15) is 0 Å². The van der Waals surface area contributed by atoms with Gasteiger partial charge < -0.3 is 19.7 Å². The number of hydrogen-bond donors (Lipinski definition) is 2. The fourth-order valence-corrected chi connectivity index (χ4v) is 9.55. The smallest absolute Gasteiger partial charge is 0.165 e. The molecule has 37 heavy (non-hydrogen) atoms. The Bertz CT molecular complexity index is 1340. The van der Waals surface area contributed by atoms with Crippen molar-refractivity contribution in [3.05, 3.63) is 71.1 Å². The maximum Gasteiger partial charge on any atom is 0.165 e. The zero-order valence-corrected chi connectivity index (χ0v) is 21.4. The van der Waals surface area contributed by atoms with Gasteiger partial charge in [-0.05, 0) is 73.9 Å². The van der Waals surface area contributed by atoms with Crippen LogP contribution >= 0.6 is 0 Å². The number of phenols is 1. The quantitative estimate of drug-likeness (QED) is 0.582. The molecule has 2 N–H and O–H groups in total. The zero-order chi connectivity index (χ0) is 25.4. The number of benzene rings is 2. The van der Waals surface area contributed by atoms with Gasteiger partial charge in [-0.3, -0.25) is 4.90 Å². The van der Waals surface area contributed by atoms with E-state index in [0.717, 1.165) is 38.3 Å². The van der Waals surface area contributed by atoms with Crippen molar-refractivity contribution in [3.63, 3.8) is 0 Å². The summed E-state index contributed by atoms with van der Waals surface area (Å²) in [5.41, 5.74) is 0.869. The van der Waals surface area contributed by atoms with E-state index in [-0.39, 0.29) is 34.5 Å². The van der Waals surface area contributed by atoms with Crippen molar-refractivity contribution in [1.82, 2.24) is 4.90 Å². The van der Waals surface area contributed by atoms with E-state index in [0.29, 0.717) is 11.3 Å². The Hall–Kier alpha value is -2.41. The number of aliphatic hydroxyl groups is 1. The lowest BCUT2D eigenvalue weighted by Crippen LogP contribution is -2.81. The third-order valence-corrected chi connectivity index (χ3v) is 11.3. The number of likely N-dealkylation sites (tertiary alicyclic amines) is 1. The van der Waals surface area contributed by atoms with Crippen LogP contribution in [0, 0.1) is 22.6 Å². The van der Waals surface area contributed by atoms with Gasteiger partial charge in [0.05, 0.1) is 11.5 Å². The van der Waals surface area contributed by atoms with E-state index < -0.39 is 17.1 Å². The van der Waals surface area contributed by atoms with Crippen LogP contribution in [-0.4, -0.2) is 53.1 Å². The predicted octanol–water partition coefficient (Wildman–Crippen LogP) is 4.66. The summed E-state index contributed by atoms with van der Waals surface area (Å²) in [5.74, 6) is 1.25. The Morgan fingerprint density at radius 1 is 1.16 bits per heavy atom. The molecule has 2 heterocycles. The summed E-state index contributed by atoms with van der Waals surface area (Å²) in [6.45, 7) is 4.24. The number of fused-ring (bicyclic) bond motifs is 1. The van der Waals surface area contributed by atoms with Crippen LogP contribution in [0.5, 0.6) is 11.5 Å². The molecule has 2 aromatic carbocycles. The first-order chi connectivity index (χ1) is 17.8. The van der Waals surface area contributed by atoms with Gasteiger partial charge in [0.15, 0.2) is 11.5 Å². The lowest BCUT2D eigenvalue weighted by Gasteiger charge is -2.74. The molecule has 6 heteroatoms. The molecule has 2 aromatic rings. The number of ether oxygens (including phenoxy) is 2. The number of phenolic OH excluding ortho intramolecular Hbond substituents is 1. The van der Waals surface area contributed by atoms with Gasteiger partial charge in [0, 0.05) is 36.1 Å². The van der Waals surface area contributed by atoms with Crippen molar-refractivity contribution in [2.45, 2.75) is 68.3 Å². The highest BCUT2D eigenvalue weighted by Gasteiger charge is 2.82. The van der Waals surface area contributed by atoms with Gasteiger partial charge in [-0.1, -0.05) is 37.3 Å². The molecule has 2 aliphatic heterocycles. The van der Waals surface area contributed by atoms with E-state index in [9.17, 15) is 14.6 Å². The minimum Gasteiger partial charge on any atom is -0.504 e. The van der Waals surface area contributed by atoms with Crippen molar-refractivity contribution >= 4 is 0 Å². The summed E-state index contributed by atoms with van der Waals surface area (Å²) in [4.78, 5) is 2.72. The molecular weight excluding hydrogens is 469 g/mol. The molecule has 0 aromatic heterocycles. The van der Waals surface area contributed by atoms with Crippen LogP contribution in [0.1, 0.15) is 55.4 Å². The summed E-state index contributed by atoms with van der Waals surface area (Å²) in [6.07, 6.45) is 8.50. The second kappa shape index (κ2) is 6.96. The number of rotatable bonds is 5. The van der Waals surface area contributed by atoms with Gasteiger partial charge in [-0.25, -0.2) is 4.39 Å². The van der Waals surface area contributed by atoms with Crippen LogP contribution in [-0.2, 0) is 16.6 Å². The number of aliphatic hydroxyl groups excluding tert-OH is 1. The van der Waals surface area contributed by atoms with Gasteiger partial charge in [0.1, 0.15) is 17.5 Å². The molecule has 5 nitrogen and oxygen atoms in total. The first-order valence-electron chi connectivity index (χ1n) is 13.7. The van der Waals surface area contributed by atoms with Crippen LogP contribution < -0.4 is 4.74 Å². The van der Waals surface area contributed by atoms with Gasteiger partial charge in [0.2, 0.25) is 0 Å². The summed E-state index contributed by atoms with van der Waals surface area (Å²) < 4.78 is 27.1. The molecule has 5 aliphatic carbocycles. The maximum absolute atomic E-state index is 13.8. The van der Waals surface area contributed by atoms with E-state index >= 15 is 0 Å². The number of nitrogens with zero attached hydrogens (tertiary/aromatic N) is 1. The second-order valence-corrected chi connectivity index (χ2v) is 12.7. The van der Waals surface area contributed by atoms with Crippen molar-refractivity contribution in [2.24, 2.45) is 16.7 Å². The highest BCUT2D eigenvalue weighted by atomic mass is 19.1. The average Bonchev–Trinajstić information content (AvgIpc) is 3.64. The molecule has 0 amide bonds. The Balaban J connectivity index is 1.37. The van der Waals surface area contributed by atoms with E-state index in [2.05, 4.69) is 30.0 Å². The van der Waals surface area contributed by atoms with Crippen LogP contribution in [0.2, 0.25) is 0 Å². The lowest BCUT2D eigenvalue weighted by molar-refractivity contribution is -0.270. The molecule has 7 aliphatic rings. The molecule has 2 spiro atoms. The Kier molecular flexibility index (Phi) is 4.24. The molecule has 7 atom stereocenters. The van der Waals surface area contributed by atoms with Crippen LogP contribution in [0.25, 0.3) is 0 Å². The molecule has 0 radical (unpaired) electrons. The van der Waals surface area contributed by atoms with Crippen molar-refractivity contribution in [2.75, 3.05) is 20.2 Å². The van der Waals surface area contributed by atoms with E-state index in [4.69, 9.17) is 9.47 Å². The minimum atomic E-state index is -0.925. The van der Waals surface area contributed by atoms with Gasteiger partial charge in [-0.15, -0.1) is 0 Å². The van der Waals surface area contributed by atoms with E-state index in [1.165, 1.54) is 36.1 Å². The molecular formula is C31H34FNO4. The summed E-state index contributed by atoms with van der Waals surface area (Å²) >= 11 is 0. The normalized spacial score (nSPS) is 41.4. The van der Waals surface area contributed by atoms with Crippen LogP contribution in [0.15, 0.2) is 48.6 Å². The monoisotopic (exact) mass is 503 g/mol. The molecule has 9 rings (SSSR count). The zero-order valence-electron chi connectivity index (χ0n) is 21.4. The number of methoxy groups -OCH3 is 1. The third-order valence-electron chi connectivity index (χ3n) is 11.3. The second-order valence-electron chi connectivity index (χ2n) is 12.7. The Labute approximate surface area is 216 Å². The molecule has 2 saturated carbocycles. The Morgan fingerprint density at radius 3 is 2.68 bits per heavy atom.